The average molecular weight is 519 g/mol. The molecule has 0 spiro atoms. The molecule has 0 radical (unpaired) electrons. The molecular formula is C24H21ClF2N4O5. The maximum absolute atomic E-state index is 14.4. The third-order valence-corrected chi connectivity index (χ3v) is 5.97. The lowest BCUT2D eigenvalue weighted by atomic mass is 10.1. The average Bonchev–Trinajstić information content (AvgIpc) is 2.88. The topological polar surface area (TPSA) is 114 Å². The summed E-state index contributed by atoms with van der Waals surface area (Å²) in [4.78, 5) is 32.7. The standard InChI is InChI=1S/C24H21ClF2N4O5/c1-35-18-11-17-14(24(29-12-28-17)30-16-3-2-15(26)22(25)23(16)27)10-19(18)36-13-6-8-31(9-7-13)20(32)4-5-21(33)34/h2-5,10-13H,6-9H2,1H3,(H,33,34)(H,28,29,30). The van der Waals surface area contributed by atoms with Gasteiger partial charge in [-0.25, -0.2) is 23.5 Å². The highest BCUT2D eigenvalue weighted by atomic mass is 35.5. The van der Waals surface area contributed by atoms with Crippen LogP contribution in [0.3, 0.4) is 0 Å². The number of amides is 1. The molecule has 1 aliphatic heterocycles. The molecule has 0 aliphatic carbocycles. The number of piperidine rings is 1. The van der Waals surface area contributed by atoms with Crippen LogP contribution in [0.2, 0.25) is 5.02 Å². The third kappa shape index (κ3) is 5.46. The minimum atomic E-state index is -1.19. The summed E-state index contributed by atoms with van der Waals surface area (Å²) in [5.41, 5.74) is 0.435. The predicted molar refractivity (Wildman–Crippen MR) is 128 cm³/mol. The zero-order valence-electron chi connectivity index (χ0n) is 19.0. The summed E-state index contributed by atoms with van der Waals surface area (Å²) in [6, 6.07) is 5.57. The zero-order valence-corrected chi connectivity index (χ0v) is 19.8. The monoisotopic (exact) mass is 518 g/mol. The number of carbonyl (C=O) groups excluding carboxylic acids is 1. The van der Waals surface area contributed by atoms with E-state index in [9.17, 15) is 18.4 Å². The van der Waals surface area contributed by atoms with Gasteiger partial charge in [0.1, 0.15) is 29.1 Å². The Morgan fingerprint density at radius 1 is 1.17 bits per heavy atom. The molecule has 2 N–H and O–H groups in total. The first-order chi connectivity index (χ1) is 17.3. The number of fused-ring (bicyclic) bond motifs is 1. The Labute approximate surface area is 209 Å². The molecule has 36 heavy (non-hydrogen) atoms. The molecule has 1 aliphatic rings. The normalized spacial score (nSPS) is 14.3. The van der Waals surface area contributed by atoms with Crippen LogP contribution < -0.4 is 14.8 Å². The van der Waals surface area contributed by atoms with E-state index in [0.29, 0.717) is 48.3 Å². The predicted octanol–water partition coefficient (Wildman–Crippen LogP) is 4.32. The minimum absolute atomic E-state index is 0.0614. The maximum atomic E-state index is 14.4. The largest absolute Gasteiger partial charge is 0.493 e. The molecule has 9 nitrogen and oxygen atoms in total. The Kier molecular flexibility index (Phi) is 7.49. The van der Waals surface area contributed by atoms with Gasteiger partial charge in [0.25, 0.3) is 0 Å². The van der Waals surface area contributed by atoms with Crippen LogP contribution in [0.15, 0.2) is 42.7 Å². The minimum Gasteiger partial charge on any atom is -0.493 e. The highest BCUT2D eigenvalue weighted by Gasteiger charge is 2.24. The van der Waals surface area contributed by atoms with Gasteiger partial charge in [0.05, 0.1) is 18.3 Å². The molecule has 2 aromatic carbocycles. The first-order valence-electron chi connectivity index (χ1n) is 10.9. The van der Waals surface area contributed by atoms with E-state index in [-0.39, 0.29) is 23.5 Å². The molecule has 3 aromatic rings. The van der Waals surface area contributed by atoms with Crippen LogP contribution in [0.4, 0.5) is 20.3 Å². The number of carboxylic acids is 1. The van der Waals surface area contributed by atoms with Gasteiger partial charge in [-0.2, -0.15) is 0 Å². The van der Waals surface area contributed by atoms with Crippen LogP contribution in [-0.2, 0) is 9.59 Å². The number of aromatic nitrogens is 2. The van der Waals surface area contributed by atoms with E-state index in [1.165, 1.54) is 19.5 Å². The van der Waals surface area contributed by atoms with Gasteiger partial charge in [-0.05, 0) is 18.2 Å². The van der Waals surface area contributed by atoms with Crippen LogP contribution in [-0.4, -0.2) is 58.2 Å². The summed E-state index contributed by atoms with van der Waals surface area (Å²) in [5.74, 6) is -2.32. The Bertz CT molecular complexity index is 1350. The zero-order chi connectivity index (χ0) is 25.8. The van der Waals surface area contributed by atoms with Gasteiger partial charge in [-0.15, -0.1) is 0 Å². The summed E-state index contributed by atoms with van der Waals surface area (Å²) < 4.78 is 39.6. The molecule has 0 bridgehead atoms. The lowest BCUT2D eigenvalue weighted by molar-refractivity contribution is -0.132. The van der Waals surface area contributed by atoms with Crippen molar-refractivity contribution in [3.8, 4) is 11.5 Å². The van der Waals surface area contributed by atoms with E-state index in [4.69, 9.17) is 26.2 Å². The van der Waals surface area contributed by atoms with Crippen molar-refractivity contribution in [1.29, 1.82) is 0 Å². The number of nitrogens with one attached hydrogen (secondary N) is 1. The summed E-state index contributed by atoms with van der Waals surface area (Å²) in [6.45, 7) is 0.785. The number of aliphatic carboxylic acids is 1. The molecule has 1 amide bonds. The number of carbonyl (C=O) groups is 2. The highest BCUT2D eigenvalue weighted by molar-refractivity contribution is 6.31. The van der Waals surface area contributed by atoms with Gasteiger partial charge in [-0.1, -0.05) is 11.6 Å². The van der Waals surface area contributed by atoms with Crippen molar-refractivity contribution in [2.24, 2.45) is 0 Å². The third-order valence-electron chi connectivity index (χ3n) is 5.62. The number of nitrogens with zero attached hydrogens (tertiary/aromatic N) is 3. The second-order valence-electron chi connectivity index (χ2n) is 7.90. The van der Waals surface area contributed by atoms with Crippen molar-refractivity contribution in [2.75, 3.05) is 25.5 Å². The summed E-state index contributed by atoms with van der Waals surface area (Å²) >= 11 is 5.69. The van der Waals surface area contributed by atoms with Crippen LogP contribution in [0.1, 0.15) is 12.8 Å². The second-order valence-corrected chi connectivity index (χ2v) is 8.28. The SMILES string of the molecule is COc1cc2ncnc(Nc3ccc(F)c(Cl)c3F)c2cc1OC1CCN(C(=O)C=CC(=O)O)CC1. The maximum Gasteiger partial charge on any atom is 0.328 e. The molecule has 1 fully saturated rings. The Hall–Kier alpha value is -3.99. The molecule has 0 saturated carbocycles. The van der Waals surface area contributed by atoms with Gasteiger partial charge in [0, 0.05) is 49.5 Å². The van der Waals surface area contributed by atoms with Gasteiger partial charge in [0.15, 0.2) is 17.3 Å². The molecule has 4 rings (SSSR count). The van der Waals surface area contributed by atoms with Crippen LogP contribution >= 0.6 is 11.6 Å². The number of benzene rings is 2. The van der Waals surface area contributed by atoms with Gasteiger partial charge in [-0.3, -0.25) is 4.79 Å². The quantitative estimate of drug-likeness (QED) is 0.351. The number of methoxy groups -OCH3 is 1. The fourth-order valence-electron chi connectivity index (χ4n) is 3.79. The molecule has 1 saturated heterocycles. The van der Waals surface area contributed by atoms with Crippen LogP contribution in [0, 0.1) is 11.6 Å². The Morgan fingerprint density at radius 2 is 1.92 bits per heavy atom. The number of hydrogen-bond donors (Lipinski definition) is 2. The van der Waals surface area contributed by atoms with E-state index in [1.807, 2.05) is 0 Å². The van der Waals surface area contributed by atoms with Crippen molar-refractivity contribution < 1.29 is 33.0 Å². The fraction of sp³-hybridized carbons (Fsp3) is 0.250. The van der Waals surface area contributed by atoms with E-state index in [2.05, 4.69) is 15.3 Å². The van der Waals surface area contributed by atoms with Crippen molar-refractivity contribution in [1.82, 2.24) is 14.9 Å². The van der Waals surface area contributed by atoms with Crippen molar-refractivity contribution in [3.63, 3.8) is 0 Å². The summed E-state index contributed by atoms with van der Waals surface area (Å²) in [6.07, 6.45) is 3.93. The molecule has 0 atom stereocenters. The molecule has 1 aromatic heterocycles. The first-order valence-corrected chi connectivity index (χ1v) is 11.2. The Morgan fingerprint density at radius 3 is 2.61 bits per heavy atom. The number of halogens is 3. The number of carboxylic acid groups (broad SMARTS) is 1. The van der Waals surface area contributed by atoms with E-state index in [1.54, 1.807) is 17.0 Å². The van der Waals surface area contributed by atoms with Crippen LogP contribution in [0.25, 0.3) is 10.9 Å². The summed E-state index contributed by atoms with van der Waals surface area (Å²) in [7, 11) is 1.49. The van der Waals surface area contributed by atoms with Crippen LogP contribution in [0.5, 0.6) is 11.5 Å². The molecule has 188 valence electrons. The Balaban J connectivity index is 1.55. The highest BCUT2D eigenvalue weighted by Crippen LogP contribution is 2.37. The number of rotatable bonds is 7. The molecular weight excluding hydrogens is 498 g/mol. The number of ether oxygens (including phenoxy) is 2. The second kappa shape index (κ2) is 10.7. The number of likely N-dealkylation sites (tertiary alicyclic amines) is 1. The van der Waals surface area contributed by atoms with Crippen molar-refractivity contribution in [2.45, 2.75) is 18.9 Å². The van der Waals surface area contributed by atoms with Gasteiger partial charge in [0.2, 0.25) is 5.91 Å². The number of hydrogen-bond acceptors (Lipinski definition) is 7. The first kappa shape index (κ1) is 25.1. The van der Waals surface area contributed by atoms with Gasteiger partial charge < -0.3 is 24.8 Å². The molecule has 2 heterocycles. The summed E-state index contributed by atoms with van der Waals surface area (Å²) in [5, 5.41) is 11.4. The van der Waals surface area contributed by atoms with E-state index < -0.39 is 22.6 Å². The van der Waals surface area contributed by atoms with Gasteiger partial charge >= 0.3 is 5.97 Å². The van der Waals surface area contributed by atoms with E-state index >= 15 is 0 Å². The lowest BCUT2D eigenvalue weighted by Crippen LogP contribution is -2.41. The lowest BCUT2D eigenvalue weighted by Gasteiger charge is -2.31. The van der Waals surface area contributed by atoms with Crippen molar-refractivity contribution >= 4 is 45.9 Å². The smallest absolute Gasteiger partial charge is 0.328 e. The fourth-order valence-corrected chi connectivity index (χ4v) is 3.95. The van der Waals surface area contributed by atoms with E-state index in [0.717, 1.165) is 18.2 Å². The molecule has 12 heteroatoms. The van der Waals surface area contributed by atoms with Crippen molar-refractivity contribution in [3.05, 3.63) is 59.4 Å². The number of anilines is 2. The molecule has 0 unspecified atom stereocenters.